The molecule has 0 bridgehead atoms. The largest absolute Gasteiger partial charge is 0.310 e. The summed E-state index contributed by atoms with van der Waals surface area (Å²) in [6.07, 6.45) is 0. The van der Waals surface area contributed by atoms with Crippen LogP contribution in [-0.2, 0) is 0 Å². The first-order valence-electron chi connectivity index (χ1n) is 16.4. The number of hydrogen-bond acceptors (Lipinski definition) is 1. The maximum atomic E-state index is 2.41. The molecule has 1 heterocycles. The van der Waals surface area contributed by atoms with Crippen LogP contribution in [0, 0.1) is 0 Å². The quantitative estimate of drug-likeness (QED) is 0.181. The molecule has 0 fully saturated rings. The molecule has 2 heteroatoms. The topological polar surface area (TPSA) is 8.17 Å². The molecule has 0 amide bonds. The van der Waals surface area contributed by atoms with Crippen molar-refractivity contribution in [3.63, 3.8) is 0 Å². The van der Waals surface area contributed by atoms with Gasteiger partial charge in [0.2, 0.25) is 0 Å². The molecule has 8 aromatic carbocycles. The van der Waals surface area contributed by atoms with Gasteiger partial charge >= 0.3 is 0 Å². The predicted octanol–water partition coefficient (Wildman–Crippen LogP) is 12.7. The zero-order valence-corrected chi connectivity index (χ0v) is 26.4. The standard InChI is InChI=1S/C46H32N2/c1-3-13-33(14-4-1)34-25-29-38(30-26-34)47(37-17-5-2-6-18-37)44-23-12-24-45-46(44)42-20-9-10-22-43(42)48(45)39-31-27-36(28-32-39)41-21-11-16-35-15-7-8-19-40(35)41/h1-32H. The molecule has 9 rings (SSSR count). The number of hydrogen-bond donors (Lipinski definition) is 0. The summed E-state index contributed by atoms with van der Waals surface area (Å²) in [5.74, 6) is 0. The number of para-hydroxylation sites is 2. The number of nitrogens with zero attached hydrogens (tertiary/aromatic N) is 2. The maximum absolute atomic E-state index is 2.41. The van der Waals surface area contributed by atoms with Gasteiger partial charge in [-0.15, -0.1) is 0 Å². The highest BCUT2D eigenvalue weighted by Gasteiger charge is 2.21. The Balaban J connectivity index is 1.21. The predicted molar refractivity (Wildman–Crippen MR) is 204 cm³/mol. The van der Waals surface area contributed by atoms with Gasteiger partial charge in [0.15, 0.2) is 0 Å². The fourth-order valence-electron chi connectivity index (χ4n) is 7.17. The summed E-state index contributed by atoms with van der Waals surface area (Å²) in [4.78, 5) is 2.39. The van der Waals surface area contributed by atoms with E-state index in [1.807, 2.05) is 0 Å². The van der Waals surface area contributed by atoms with E-state index in [4.69, 9.17) is 0 Å². The van der Waals surface area contributed by atoms with Gasteiger partial charge in [-0.2, -0.15) is 0 Å². The summed E-state index contributed by atoms with van der Waals surface area (Å²) in [5.41, 5.74) is 11.8. The Hall–Kier alpha value is -6.38. The van der Waals surface area contributed by atoms with E-state index in [-0.39, 0.29) is 0 Å². The minimum absolute atomic E-state index is 1.12. The van der Waals surface area contributed by atoms with Crippen LogP contribution in [0.4, 0.5) is 17.1 Å². The molecule has 0 saturated heterocycles. The second-order valence-electron chi connectivity index (χ2n) is 12.2. The molecule has 9 aromatic rings. The van der Waals surface area contributed by atoms with E-state index < -0.39 is 0 Å². The average molecular weight is 613 g/mol. The van der Waals surface area contributed by atoms with Crippen molar-refractivity contribution in [1.82, 2.24) is 4.57 Å². The highest BCUT2D eigenvalue weighted by atomic mass is 15.1. The van der Waals surface area contributed by atoms with Crippen molar-refractivity contribution in [2.75, 3.05) is 4.90 Å². The fourth-order valence-corrected chi connectivity index (χ4v) is 7.17. The van der Waals surface area contributed by atoms with Crippen molar-refractivity contribution in [2.45, 2.75) is 0 Å². The third-order valence-corrected chi connectivity index (χ3v) is 9.39. The van der Waals surface area contributed by atoms with Crippen molar-refractivity contribution in [2.24, 2.45) is 0 Å². The van der Waals surface area contributed by atoms with Gasteiger partial charge in [-0.1, -0.05) is 140 Å². The van der Waals surface area contributed by atoms with Crippen LogP contribution in [0.1, 0.15) is 0 Å². The molecule has 0 atom stereocenters. The molecule has 0 unspecified atom stereocenters. The summed E-state index contributed by atoms with van der Waals surface area (Å²) < 4.78 is 2.41. The van der Waals surface area contributed by atoms with Crippen molar-refractivity contribution in [3.05, 3.63) is 194 Å². The van der Waals surface area contributed by atoms with Crippen molar-refractivity contribution < 1.29 is 0 Å². The third-order valence-electron chi connectivity index (χ3n) is 9.39. The fraction of sp³-hybridized carbons (Fsp3) is 0. The first-order valence-corrected chi connectivity index (χ1v) is 16.4. The Kier molecular flexibility index (Phi) is 6.84. The number of benzene rings is 8. The summed E-state index contributed by atoms with van der Waals surface area (Å²) in [7, 11) is 0. The van der Waals surface area contributed by atoms with Crippen molar-refractivity contribution in [3.8, 4) is 27.9 Å². The first-order chi connectivity index (χ1) is 23.8. The Bertz CT molecular complexity index is 2520. The van der Waals surface area contributed by atoms with Crippen LogP contribution < -0.4 is 4.90 Å². The van der Waals surface area contributed by atoms with Gasteiger partial charge in [0.1, 0.15) is 0 Å². The molecule has 0 N–H and O–H groups in total. The summed E-state index contributed by atoms with van der Waals surface area (Å²) in [6.45, 7) is 0. The van der Waals surface area contributed by atoms with Crippen molar-refractivity contribution in [1.29, 1.82) is 0 Å². The Morgan fingerprint density at radius 3 is 1.71 bits per heavy atom. The van der Waals surface area contributed by atoms with Gasteiger partial charge in [-0.05, 0) is 87.6 Å². The van der Waals surface area contributed by atoms with Gasteiger partial charge in [0.05, 0.1) is 16.7 Å². The molecule has 0 spiro atoms. The third kappa shape index (κ3) is 4.74. The molecular weight excluding hydrogens is 581 g/mol. The van der Waals surface area contributed by atoms with Crippen LogP contribution >= 0.6 is 0 Å². The molecule has 1 aromatic heterocycles. The van der Waals surface area contributed by atoms with E-state index >= 15 is 0 Å². The number of fused-ring (bicyclic) bond motifs is 4. The van der Waals surface area contributed by atoms with Gasteiger partial charge in [-0.25, -0.2) is 0 Å². The summed E-state index contributed by atoms with van der Waals surface area (Å²) in [6, 6.07) is 69.8. The summed E-state index contributed by atoms with van der Waals surface area (Å²) >= 11 is 0. The minimum Gasteiger partial charge on any atom is -0.310 e. The van der Waals surface area contributed by atoms with Crippen molar-refractivity contribution >= 4 is 49.6 Å². The van der Waals surface area contributed by atoms with Gasteiger partial charge in [0.25, 0.3) is 0 Å². The molecule has 0 aliphatic heterocycles. The molecule has 0 saturated carbocycles. The van der Waals surface area contributed by atoms with Gasteiger partial charge in [-0.3, -0.25) is 0 Å². The molecule has 0 aliphatic carbocycles. The summed E-state index contributed by atoms with van der Waals surface area (Å²) in [5, 5.41) is 4.98. The smallest absolute Gasteiger partial charge is 0.0562 e. The van der Waals surface area contributed by atoms with E-state index in [1.54, 1.807) is 0 Å². The Morgan fingerprint density at radius 2 is 0.917 bits per heavy atom. The lowest BCUT2D eigenvalue weighted by Gasteiger charge is -2.26. The van der Waals surface area contributed by atoms with Crippen LogP contribution in [0.2, 0.25) is 0 Å². The highest BCUT2D eigenvalue weighted by Crippen LogP contribution is 2.44. The van der Waals surface area contributed by atoms with Crippen LogP contribution in [0.5, 0.6) is 0 Å². The zero-order chi connectivity index (χ0) is 31.9. The maximum Gasteiger partial charge on any atom is 0.0562 e. The number of anilines is 3. The number of rotatable bonds is 6. The van der Waals surface area contributed by atoms with E-state index in [1.165, 1.54) is 54.8 Å². The molecule has 2 nitrogen and oxygen atoms in total. The van der Waals surface area contributed by atoms with Crippen LogP contribution in [0.3, 0.4) is 0 Å². The van der Waals surface area contributed by atoms with E-state index in [0.717, 1.165) is 22.7 Å². The van der Waals surface area contributed by atoms with E-state index in [9.17, 15) is 0 Å². The lowest BCUT2D eigenvalue weighted by molar-refractivity contribution is 1.18. The molecule has 48 heavy (non-hydrogen) atoms. The first kappa shape index (κ1) is 27.9. The Labute approximate surface area is 280 Å². The zero-order valence-electron chi connectivity index (χ0n) is 26.4. The SMILES string of the molecule is c1ccc(-c2ccc(N(c3ccccc3)c3cccc4c3c3ccccc3n4-c3ccc(-c4cccc5ccccc45)cc3)cc2)cc1. The van der Waals surface area contributed by atoms with Crippen LogP contribution in [0.15, 0.2) is 194 Å². The van der Waals surface area contributed by atoms with Gasteiger partial charge in [0, 0.05) is 27.8 Å². The average Bonchev–Trinajstić information content (AvgIpc) is 3.51. The normalized spacial score (nSPS) is 11.3. The number of aromatic nitrogens is 1. The lowest BCUT2D eigenvalue weighted by Crippen LogP contribution is -2.10. The lowest BCUT2D eigenvalue weighted by atomic mass is 9.98. The van der Waals surface area contributed by atoms with E-state index in [0.29, 0.717) is 0 Å². The highest BCUT2D eigenvalue weighted by molar-refractivity contribution is 6.16. The molecular formula is C46H32N2. The molecule has 226 valence electrons. The second kappa shape index (κ2) is 11.8. The molecule has 0 radical (unpaired) electrons. The Morgan fingerprint density at radius 1 is 0.354 bits per heavy atom. The van der Waals surface area contributed by atoms with Crippen LogP contribution in [-0.4, -0.2) is 4.57 Å². The van der Waals surface area contributed by atoms with Crippen LogP contribution in [0.25, 0.3) is 60.5 Å². The molecule has 0 aliphatic rings. The second-order valence-corrected chi connectivity index (χ2v) is 12.2. The minimum atomic E-state index is 1.12. The monoisotopic (exact) mass is 612 g/mol. The van der Waals surface area contributed by atoms with E-state index in [2.05, 4.69) is 204 Å². The van der Waals surface area contributed by atoms with Gasteiger partial charge < -0.3 is 9.47 Å².